The average Bonchev–Trinajstić information content (AvgIpc) is 3.50. The van der Waals surface area contributed by atoms with E-state index in [1.165, 1.54) is 37.7 Å². The zero-order chi connectivity index (χ0) is 33.8. The van der Waals surface area contributed by atoms with Crippen molar-refractivity contribution in [3.63, 3.8) is 0 Å². The summed E-state index contributed by atoms with van der Waals surface area (Å²) in [7, 11) is 0. The molecular weight excluding hydrogens is 600 g/mol. The second-order valence-corrected chi connectivity index (χ2v) is 17.4. The van der Waals surface area contributed by atoms with Gasteiger partial charge in [0, 0.05) is 18.8 Å². The second kappa shape index (κ2) is 13.8. The number of carbonyl (C=O) groups excluding carboxylic acids is 1. The van der Waals surface area contributed by atoms with Crippen LogP contribution in [0.15, 0.2) is 11.3 Å². The Morgan fingerprint density at radius 1 is 0.936 bits per heavy atom. The molecule has 9 nitrogen and oxygen atoms in total. The van der Waals surface area contributed by atoms with E-state index in [1.807, 2.05) is 13.8 Å². The van der Waals surface area contributed by atoms with Gasteiger partial charge in [-0.15, -0.1) is 0 Å². The van der Waals surface area contributed by atoms with Gasteiger partial charge in [-0.05, 0) is 117 Å². The minimum Gasteiger partial charge on any atom is -0.494 e. The van der Waals surface area contributed by atoms with Gasteiger partial charge in [0.25, 0.3) is 0 Å². The van der Waals surface area contributed by atoms with Crippen LogP contribution in [0.5, 0.6) is 0 Å². The van der Waals surface area contributed by atoms with Crippen molar-refractivity contribution < 1.29 is 44.2 Å². The Labute approximate surface area is 281 Å². The molecule has 6 aliphatic rings. The fraction of sp³-hybridized carbons (Fsp3) is 0.921. The summed E-state index contributed by atoms with van der Waals surface area (Å²) in [6.07, 6.45) is 5.19. The zero-order valence-corrected chi connectivity index (χ0v) is 29.6. The number of hydrogen-bond donors (Lipinski definition) is 4. The molecule has 15 atom stereocenters. The van der Waals surface area contributed by atoms with Gasteiger partial charge in [0.1, 0.15) is 37.1 Å². The van der Waals surface area contributed by atoms with Crippen molar-refractivity contribution in [2.75, 3.05) is 13.2 Å². The highest BCUT2D eigenvalue weighted by Crippen LogP contribution is 2.69. The Morgan fingerprint density at radius 2 is 1.68 bits per heavy atom. The topological polar surface area (TPSA) is 135 Å². The van der Waals surface area contributed by atoms with Crippen molar-refractivity contribution in [3.8, 4) is 0 Å². The molecule has 4 N–H and O–H groups in total. The molecule has 9 heteroatoms. The summed E-state index contributed by atoms with van der Waals surface area (Å²) < 4.78 is 23.7. The quantitative estimate of drug-likeness (QED) is 0.235. The molecule has 0 spiro atoms. The average molecular weight is 663 g/mol. The van der Waals surface area contributed by atoms with Gasteiger partial charge >= 0.3 is 5.97 Å². The van der Waals surface area contributed by atoms with Crippen LogP contribution in [-0.4, -0.2) is 82.5 Å². The highest BCUT2D eigenvalue weighted by molar-refractivity contribution is 5.69. The number of carbonyl (C=O) groups is 1. The van der Waals surface area contributed by atoms with Crippen LogP contribution >= 0.6 is 0 Å². The molecule has 0 aromatic carbocycles. The predicted molar refractivity (Wildman–Crippen MR) is 176 cm³/mol. The number of aliphatic hydroxyl groups is 4. The van der Waals surface area contributed by atoms with Crippen molar-refractivity contribution in [3.05, 3.63) is 11.3 Å². The molecule has 4 saturated carbocycles. The van der Waals surface area contributed by atoms with Crippen LogP contribution in [-0.2, 0) is 23.7 Å². The Balaban J connectivity index is 1.01. The minimum atomic E-state index is -1.47. The molecule has 2 aliphatic heterocycles. The van der Waals surface area contributed by atoms with Crippen molar-refractivity contribution >= 4 is 5.97 Å². The summed E-state index contributed by atoms with van der Waals surface area (Å²) in [5.74, 6) is 4.45. The largest absolute Gasteiger partial charge is 0.494 e. The Kier molecular flexibility index (Phi) is 10.5. The molecule has 0 radical (unpaired) electrons. The van der Waals surface area contributed by atoms with Crippen molar-refractivity contribution in [2.45, 2.75) is 155 Å². The SMILES string of the molecule is CC1=C(CCC(C)COC2OC(COC(=O)CC(C)C)C(O)C(O)C2O)OC2CC3C4CCC5CC(O)CCC5(C)C4CCC3(C)C12. The lowest BCUT2D eigenvalue weighted by molar-refractivity contribution is -0.303. The number of aliphatic hydroxyl groups excluding tert-OH is 4. The van der Waals surface area contributed by atoms with Crippen LogP contribution in [0.4, 0.5) is 0 Å². The summed E-state index contributed by atoms with van der Waals surface area (Å²) >= 11 is 0. The molecule has 2 heterocycles. The first-order valence-electron chi connectivity index (χ1n) is 18.7. The molecule has 1 saturated heterocycles. The molecule has 0 aromatic heterocycles. The lowest BCUT2D eigenvalue weighted by Gasteiger charge is -2.60. The van der Waals surface area contributed by atoms with Crippen LogP contribution in [0, 0.1) is 52.3 Å². The summed E-state index contributed by atoms with van der Waals surface area (Å²) in [4.78, 5) is 12.0. The highest BCUT2D eigenvalue weighted by Gasteiger charge is 2.64. The van der Waals surface area contributed by atoms with Gasteiger partial charge < -0.3 is 39.4 Å². The van der Waals surface area contributed by atoms with Crippen molar-refractivity contribution in [1.82, 2.24) is 0 Å². The summed E-state index contributed by atoms with van der Waals surface area (Å²) in [6.45, 7) is 13.4. The van der Waals surface area contributed by atoms with E-state index in [4.69, 9.17) is 18.9 Å². The van der Waals surface area contributed by atoms with Gasteiger partial charge in [0.2, 0.25) is 0 Å². The first-order valence-corrected chi connectivity index (χ1v) is 18.7. The summed E-state index contributed by atoms with van der Waals surface area (Å²) in [5, 5.41) is 41.8. The maximum absolute atomic E-state index is 12.0. The van der Waals surface area contributed by atoms with Crippen LogP contribution in [0.2, 0.25) is 0 Å². The van der Waals surface area contributed by atoms with Gasteiger partial charge in [-0.3, -0.25) is 4.79 Å². The third kappa shape index (κ3) is 6.67. The van der Waals surface area contributed by atoms with Crippen LogP contribution in [0.1, 0.15) is 112 Å². The fourth-order valence-corrected chi connectivity index (χ4v) is 11.3. The lowest BCUT2D eigenvalue weighted by Crippen LogP contribution is -2.59. The first kappa shape index (κ1) is 35.6. The van der Waals surface area contributed by atoms with E-state index >= 15 is 0 Å². The van der Waals surface area contributed by atoms with Crippen molar-refractivity contribution in [1.29, 1.82) is 0 Å². The molecule has 0 bridgehead atoms. The van der Waals surface area contributed by atoms with Gasteiger partial charge in [-0.1, -0.05) is 34.6 Å². The maximum atomic E-state index is 12.0. The summed E-state index contributed by atoms with van der Waals surface area (Å²) in [6, 6.07) is 0. The Morgan fingerprint density at radius 3 is 2.43 bits per heavy atom. The van der Waals surface area contributed by atoms with E-state index in [-0.39, 0.29) is 42.5 Å². The monoisotopic (exact) mass is 662 g/mol. The normalized spacial score (nSPS) is 46.7. The minimum absolute atomic E-state index is 0.0999. The van der Waals surface area contributed by atoms with Gasteiger partial charge in [0.05, 0.1) is 18.5 Å². The number of rotatable bonds is 10. The fourth-order valence-electron chi connectivity index (χ4n) is 11.3. The second-order valence-electron chi connectivity index (χ2n) is 17.4. The Bertz CT molecular complexity index is 1160. The van der Waals surface area contributed by atoms with E-state index in [0.29, 0.717) is 29.8 Å². The molecule has 5 fully saturated rings. The van der Waals surface area contributed by atoms with E-state index in [0.717, 1.165) is 49.7 Å². The van der Waals surface area contributed by atoms with E-state index < -0.39 is 36.7 Å². The molecule has 4 aliphatic carbocycles. The standard InChI is InChI=1S/C38H62O9/c1-20(2)15-31(40)44-19-30-33(41)34(42)35(43)36(47-30)45-18-21(3)7-10-28-22(4)32-29(46-28)17-27-25-9-8-23-16-24(39)11-13-37(23,5)26(25)12-14-38(27,32)6/h20-21,23-27,29-30,32-36,39,41-43H,7-19H2,1-6H3. The molecule has 47 heavy (non-hydrogen) atoms. The molecule has 6 rings (SSSR count). The van der Waals surface area contributed by atoms with Crippen LogP contribution < -0.4 is 0 Å². The molecule has 0 amide bonds. The molecule has 0 aromatic rings. The molecule has 15 unspecified atom stereocenters. The van der Waals surface area contributed by atoms with E-state index in [1.54, 1.807) is 0 Å². The number of ether oxygens (including phenoxy) is 4. The number of fused-ring (bicyclic) bond motifs is 7. The summed E-state index contributed by atoms with van der Waals surface area (Å²) in [5.41, 5.74) is 2.10. The van der Waals surface area contributed by atoms with E-state index in [2.05, 4.69) is 27.7 Å². The number of esters is 1. The molecular formula is C38H62O9. The highest BCUT2D eigenvalue weighted by atomic mass is 16.7. The molecule has 268 valence electrons. The number of hydrogen-bond acceptors (Lipinski definition) is 9. The smallest absolute Gasteiger partial charge is 0.306 e. The van der Waals surface area contributed by atoms with Crippen LogP contribution in [0.3, 0.4) is 0 Å². The van der Waals surface area contributed by atoms with Gasteiger partial charge in [-0.25, -0.2) is 0 Å². The van der Waals surface area contributed by atoms with Crippen LogP contribution in [0.25, 0.3) is 0 Å². The third-order valence-electron chi connectivity index (χ3n) is 13.9. The number of allylic oxidation sites excluding steroid dienone is 1. The Hall–Kier alpha value is -1.23. The maximum Gasteiger partial charge on any atom is 0.306 e. The van der Waals surface area contributed by atoms with Crippen molar-refractivity contribution in [2.24, 2.45) is 52.3 Å². The van der Waals surface area contributed by atoms with E-state index in [9.17, 15) is 25.2 Å². The first-order chi connectivity index (χ1) is 22.2. The third-order valence-corrected chi connectivity index (χ3v) is 13.9. The van der Waals surface area contributed by atoms with Gasteiger partial charge in [0.15, 0.2) is 6.29 Å². The zero-order valence-electron chi connectivity index (χ0n) is 29.6. The van der Waals surface area contributed by atoms with Gasteiger partial charge in [-0.2, -0.15) is 0 Å². The lowest BCUT2D eigenvalue weighted by atomic mass is 9.44. The predicted octanol–water partition coefficient (Wildman–Crippen LogP) is 5.12.